The molecule has 0 aliphatic heterocycles. The van der Waals surface area contributed by atoms with Crippen LogP contribution in [0.15, 0.2) is 0 Å². The fraction of sp³-hybridized carbons (Fsp3) is 0.956. The molecule has 2 amide bonds. The Labute approximate surface area is 324 Å². The van der Waals surface area contributed by atoms with Gasteiger partial charge in [0.25, 0.3) is 0 Å². The molecule has 0 aromatic rings. The first-order valence-corrected chi connectivity index (χ1v) is 23.2. The van der Waals surface area contributed by atoms with E-state index in [9.17, 15) is 9.59 Å². The minimum atomic E-state index is -0.672. The Balaban J connectivity index is 4.21. The third-order valence-corrected chi connectivity index (χ3v) is 10.8. The normalized spacial score (nSPS) is 12.0. The van der Waals surface area contributed by atoms with Crippen molar-refractivity contribution < 1.29 is 14.7 Å². The van der Waals surface area contributed by atoms with Gasteiger partial charge in [0.1, 0.15) is 0 Å². The second-order valence-electron chi connectivity index (χ2n) is 15.9. The third kappa shape index (κ3) is 37.1. The molecule has 0 aliphatic carbocycles. The van der Waals surface area contributed by atoms with Crippen molar-refractivity contribution in [2.45, 2.75) is 238 Å². The summed E-state index contributed by atoms with van der Waals surface area (Å²) in [4.78, 5) is 27.8. The van der Waals surface area contributed by atoms with Gasteiger partial charge in [-0.25, -0.2) is 0 Å². The predicted octanol–water partition coefficient (Wildman–Crippen LogP) is 11.1. The van der Waals surface area contributed by atoms with Gasteiger partial charge in [0.15, 0.2) is 0 Å². The summed E-state index contributed by atoms with van der Waals surface area (Å²) in [7, 11) is 0. The van der Waals surface area contributed by atoms with Crippen molar-refractivity contribution in [3.05, 3.63) is 0 Å². The largest absolute Gasteiger partial charge is 0.395 e. The highest BCUT2D eigenvalue weighted by Crippen LogP contribution is 2.16. The van der Waals surface area contributed by atoms with Gasteiger partial charge in [-0.2, -0.15) is 0 Å². The number of unbranched alkanes of at least 4 members (excludes halogenated alkanes) is 30. The van der Waals surface area contributed by atoms with E-state index in [1.54, 1.807) is 0 Å². The fourth-order valence-electron chi connectivity index (χ4n) is 7.24. The number of aliphatic hydroxyl groups is 1. The maximum atomic E-state index is 13.3. The second kappa shape index (κ2) is 42.6. The van der Waals surface area contributed by atoms with E-state index in [1.807, 2.05) is 0 Å². The second-order valence-corrected chi connectivity index (χ2v) is 15.9. The van der Waals surface area contributed by atoms with Crippen LogP contribution < -0.4 is 16.4 Å². The van der Waals surface area contributed by atoms with Crippen molar-refractivity contribution in [3.8, 4) is 0 Å². The molecule has 0 aromatic carbocycles. The molecule has 0 spiro atoms. The summed E-state index contributed by atoms with van der Waals surface area (Å²) in [6.07, 6.45) is 43.9. The molecule has 0 heterocycles. The van der Waals surface area contributed by atoms with Gasteiger partial charge in [0.05, 0.1) is 12.6 Å². The summed E-state index contributed by atoms with van der Waals surface area (Å²) >= 11 is 0. The van der Waals surface area contributed by atoms with E-state index < -0.39 is 6.04 Å². The lowest BCUT2D eigenvalue weighted by Crippen LogP contribution is -2.44. The molecule has 0 aromatic heterocycles. The highest BCUT2D eigenvalue weighted by atomic mass is 16.3. The van der Waals surface area contributed by atoms with Gasteiger partial charge in [-0.05, 0) is 19.3 Å². The molecule has 0 saturated heterocycles. The van der Waals surface area contributed by atoms with Crippen LogP contribution >= 0.6 is 0 Å². The zero-order valence-electron chi connectivity index (χ0n) is 35.1. The highest BCUT2D eigenvalue weighted by molar-refractivity contribution is 5.83. The maximum Gasteiger partial charge on any atom is 0.236 e. The number of carbonyl (C=O) groups is 2. The number of hydrogen-bond donors (Lipinski definition) is 4. The van der Waals surface area contributed by atoms with Gasteiger partial charge in [0, 0.05) is 39.1 Å². The Kier molecular flexibility index (Phi) is 41.6. The number of rotatable bonds is 43. The molecule has 7 heteroatoms. The number of nitrogens with one attached hydrogen (secondary N) is 2. The number of hydrogen-bond acceptors (Lipinski definition) is 5. The summed E-state index contributed by atoms with van der Waals surface area (Å²) in [6, 6.07) is -0.672. The lowest BCUT2D eigenvalue weighted by molar-refractivity contribution is -0.131. The van der Waals surface area contributed by atoms with Crippen molar-refractivity contribution in [1.82, 2.24) is 15.5 Å². The van der Waals surface area contributed by atoms with E-state index in [1.165, 1.54) is 193 Å². The molecule has 310 valence electrons. The van der Waals surface area contributed by atoms with E-state index >= 15 is 0 Å². The monoisotopic (exact) mass is 737 g/mol. The van der Waals surface area contributed by atoms with E-state index in [0.717, 1.165) is 25.9 Å². The van der Waals surface area contributed by atoms with Gasteiger partial charge in [0.2, 0.25) is 11.8 Å². The van der Waals surface area contributed by atoms with Gasteiger partial charge in [-0.3, -0.25) is 9.59 Å². The summed E-state index contributed by atoms with van der Waals surface area (Å²) in [6.45, 7) is 7.86. The fourth-order valence-corrected chi connectivity index (χ4v) is 7.24. The van der Waals surface area contributed by atoms with Gasteiger partial charge in [-0.15, -0.1) is 0 Å². The average Bonchev–Trinajstić information content (AvgIpc) is 3.15. The molecule has 7 nitrogen and oxygen atoms in total. The first-order valence-electron chi connectivity index (χ1n) is 23.2. The van der Waals surface area contributed by atoms with Crippen LogP contribution in [0.3, 0.4) is 0 Å². The molecule has 1 atom stereocenters. The van der Waals surface area contributed by atoms with Crippen molar-refractivity contribution in [3.63, 3.8) is 0 Å². The molecule has 1 unspecified atom stereocenters. The predicted molar refractivity (Wildman–Crippen MR) is 226 cm³/mol. The Morgan fingerprint density at radius 2 is 0.827 bits per heavy atom. The average molecular weight is 737 g/mol. The highest BCUT2D eigenvalue weighted by Gasteiger charge is 2.18. The van der Waals surface area contributed by atoms with Gasteiger partial charge in [-0.1, -0.05) is 206 Å². The number of aliphatic hydroxyl groups excluding tert-OH is 1. The standard InChI is InChI=1S/C45H92N4O3/c1-3-5-7-9-11-13-15-17-19-21-23-25-27-29-31-33-40-49(44(51)36-35-43(46)45(52)48-38-37-47-39-42-50)41-34-32-30-28-26-24-22-20-18-16-14-12-10-8-6-4-2/h43,47,50H,3-42,46H2,1-2H3,(H,48,52). The van der Waals surface area contributed by atoms with Crippen LogP contribution in [-0.4, -0.2) is 67.2 Å². The van der Waals surface area contributed by atoms with Crippen molar-refractivity contribution >= 4 is 11.8 Å². The summed E-state index contributed by atoms with van der Waals surface area (Å²) in [5.74, 6) is -0.0597. The summed E-state index contributed by atoms with van der Waals surface area (Å²) in [5.41, 5.74) is 6.14. The van der Waals surface area contributed by atoms with Crippen LogP contribution in [-0.2, 0) is 9.59 Å². The summed E-state index contributed by atoms with van der Waals surface area (Å²) in [5, 5.41) is 14.7. The maximum absolute atomic E-state index is 13.3. The lowest BCUT2D eigenvalue weighted by Gasteiger charge is -2.23. The number of carbonyl (C=O) groups excluding carboxylic acids is 2. The SMILES string of the molecule is CCCCCCCCCCCCCCCCCCN(CCCCCCCCCCCCCCCCCC)C(=O)CCC(N)C(=O)NCCNCCO. The quantitative estimate of drug-likeness (QED) is 0.0466. The molecule has 0 radical (unpaired) electrons. The summed E-state index contributed by atoms with van der Waals surface area (Å²) < 4.78 is 0. The Bertz CT molecular complexity index is 701. The molecular formula is C45H92N4O3. The molecular weight excluding hydrogens is 645 g/mol. The zero-order chi connectivity index (χ0) is 38.0. The molecule has 0 rings (SSSR count). The van der Waals surface area contributed by atoms with Crippen LogP contribution in [0.2, 0.25) is 0 Å². The molecule has 0 aliphatic rings. The molecule has 5 N–H and O–H groups in total. The smallest absolute Gasteiger partial charge is 0.236 e. The van der Waals surface area contributed by atoms with Gasteiger partial charge >= 0.3 is 0 Å². The molecule has 0 bridgehead atoms. The lowest BCUT2D eigenvalue weighted by atomic mass is 10.0. The minimum Gasteiger partial charge on any atom is -0.395 e. The number of nitrogens with two attached hydrogens (primary N) is 1. The van der Waals surface area contributed by atoms with Crippen LogP contribution in [0.1, 0.15) is 232 Å². The van der Waals surface area contributed by atoms with Gasteiger partial charge < -0.3 is 26.4 Å². The van der Waals surface area contributed by atoms with E-state index in [2.05, 4.69) is 29.4 Å². The molecule has 0 fully saturated rings. The van der Waals surface area contributed by atoms with Crippen LogP contribution in [0.25, 0.3) is 0 Å². The van der Waals surface area contributed by atoms with E-state index in [4.69, 9.17) is 10.8 Å². The Morgan fingerprint density at radius 1 is 0.500 bits per heavy atom. The Morgan fingerprint density at radius 3 is 1.15 bits per heavy atom. The van der Waals surface area contributed by atoms with Crippen molar-refractivity contribution in [2.24, 2.45) is 5.73 Å². The minimum absolute atomic E-state index is 0.0744. The zero-order valence-corrected chi connectivity index (χ0v) is 35.1. The first kappa shape index (κ1) is 50.8. The Hall–Kier alpha value is -1.18. The van der Waals surface area contributed by atoms with Crippen LogP contribution in [0.4, 0.5) is 0 Å². The molecule has 0 saturated carbocycles. The number of nitrogens with zero attached hydrogens (tertiary/aromatic N) is 1. The molecule has 52 heavy (non-hydrogen) atoms. The first-order chi connectivity index (χ1) is 25.6. The third-order valence-electron chi connectivity index (χ3n) is 10.8. The topological polar surface area (TPSA) is 108 Å². The van der Waals surface area contributed by atoms with Crippen molar-refractivity contribution in [1.29, 1.82) is 0 Å². The number of amides is 2. The van der Waals surface area contributed by atoms with Crippen LogP contribution in [0.5, 0.6) is 0 Å². The van der Waals surface area contributed by atoms with E-state index in [-0.39, 0.29) is 18.4 Å². The van der Waals surface area contributed by atoms with Crippen molar-refractivity contribution in [2.75, 3.05) is 39.3 Å². The van der Waals surface area contributed by atoms with E-state index in [0.29, 0.717) is 32.5 Å². The van der Waals surface area contributed by atoms with Crippen LogP contribution in [0, 0.1) is 0 Å².